The number of hydrogen-bond donors (Lipinski definition) is 2. The summed E-state index contributed by atoms with van der Waals surface area (Å²) in [4.78, 5) is 12.8. The lowest BCUT2D eigenvalue weighted by atomic mass is 10.2. The summed E-state index contributed by atoms with van der Waals surface area (Å²) in [5.41, 5.74) is 3.20. The highest BCUT2D eigenvalue weighted by molar-refractivity contribution is 7.99. The van der Waals surface area contributed by atoms with E-state index >= 15 is 0 Å². The van der Waals surface area contributed by atoms with Crippen LogP contribution in [0.3, 0.4) is 0 Å². The number of phenolic OH excluding ortho intramolecular Hbond substituents is 1. The number of ether oxygens (including phenoxy) is 1. The molecule has 0 aliphatic heterocycles. The predicted molar refractivity (Wildman–Crippen MR) is 92.2 cm³/mol. The molecule has 0 atom stereocenters. The van der Waals surface area contributed by atoms with E-state index in [1.54, 1.807) is 23.9 Å². The Morgan fingerprint density at radius 2 is 2.09 bits per heavy atom. The van der Waals surface area contributed by atoms with Gasteiger partial charge < -0.3 is 9.84 Å². The first kappa shape index (κ1) is 16.9. The molecule has 0 fully saturated rings. The third-order valence-electron chi connectivity index (χ3n) is 2.95. The first-order valence-corrected chi connectivity index (χ1v) is 8.04. The maximum Gasteiger partial charge on any atom is 0.240 e. The molecular formula is C17H18N2O3S. The van der Waals surface area contributed by atoms with E-state index in [0.29, 0.717) is 17.9 Å². The SMILES string of the molecule is COc1cc(/C=N\NC(=O)CCSc2ccccc2)ccc1O. The standard InChI is InChI=1S/C17H18N2O3S/c1-22-16-11-13(7-8-15(16)20)12-18-19-17(21)9-10-23-14-5-3-2-4-6-14/h2-8,11-12,20H,9-10H2,1H3,(H,19,21)/b18-12-. The van der Waals surface area contributed by atoms with Gasteiger partial charge in [0.2, 0.25) is 5.91 Å². The molecule has 0 aliphatic rings. The van der Waals surface area contributed by atoms with E-state index in [2.05, 4.69) is 10.5 Å². The van der Waals surface area contributed by atoms with Crippen LogP contribution in [0.4, 0.5) is 0 Å². The molecule has 0 saturated heterocycles. The number of aromatic hydroxyl groups is 1. The summed E-state index contributed by atoms with van der Waals surface area (Å²) in [6.07, 6.45) is 1.89. The number of benzene rings is 2. The number of hydrogen-bond acceptors (Lipinski definition) is 5. The van der Waals surface area contributed by atoms with Gasteiger partial charge in [-0.3, -0.25) is 4.79 Å². The van der Waals surface area contributed by atoms with Gasteiger partial charge in [-0.25, -0.2) is 5.43 Å². The minimum Gasteiger partial charge on any atom is -0.504 e. The number of methoxy groups -OCH3 is 1. The Hall–Kier alpha value is -2.47. The second kappa shape index (κ2) is 8.85. The van der Waals surface area contributed by atoms with Gasteiger partial charge in [-0.15, -0.1) is 11.8 Å². The zero-order valence-corrected chi connectivity index (χ0v) is 13.5. The minimum absolute atomic E-state index is 0.0617. The molecule has 2 aromatic carbocycles. The summed E-state index contributed by atoms with van der Waals surface area (Å²) >= 11 is 1.63. The van der Waals surface area contributed by atoms with Gasteiger partial charge >= 0.3 is 0 Å². The van der Waals surface area contributed by atoms with Crippen molar-refractivity contribution in [3.05, 3.63) is 54.1 Å². The second-order valence-corrected chi connectivity index (χ2v) is 5.80. The van der Waals surface area contributed by atoms with Gasteiger partial charge in [0.25, 0.3) is 0 Å². The van der Waals surface area contributed by atoms with Crippen LogP contribution < -0.4 is 10.2 Å². The van der Waals surface area contributed by atoms with Crippen molar-refractivity contribution in [3.8, 4) is 11.5 Å². The van der Waals surface area contributed by atoms with Crippen molar-refractivity contribution in [2.45, 2.75) is 11.3 Å². The van der Waals surface area contributed by atoms with Crippen LogP contribution in [-0.2, 0) is 4.79 Å². The van der Waals surface area contributed by atoms with Crippen LogP contribution >= 0.6 is 11.8 Å². The quantitative estimate of drug-likeness (QED) is 0.465. The predicted octanol–water partition coefficient (Wildman–Crippen LogP) is 3.03. The van der Waals surface area contributed by atoms with Gasteiger partial charge in [0, 0.05) is 17.1 Å². The molecule has 6 heteroatoms. The Kier molecular flexibility index (Phi) is 6.50. The van der Waals surface area contributed by atoms with Crippen LogP contribution in [0.25, 0.3) is 0 Å². The lowest BCUT2D eigenvalue weighted by Gasteiger charge is -2.03. The van der Waals surface area contributed by atoms with Gasteiger partial charge in [0.15, 0.2) is 11.5 Å². The van der Waals surface area contributed by atoms with Crippen molar-refractivity contribution in [1.82, 2.24) is 5.43 Å². The van der Waals surface area contributed by atoms with E-state index in [4.69, 9.17) is 4.74 Å². The van der Waals surface area contributed by atoms with Crippen molar-refractivity contribution < 1.29 is 14.6 Å². The average Bonchev–Trinajstić information content (AvgIpc) is 2.57. The van der Waals surface area contributed by atoms with Crippen LogP contribution in [0.1, 0.15) is 12.0 Å². The normalized spacial score (nSPS) is 10.7. The lowest BCUT2D eigenvalue weighted by Crippen LogP contribution is -2.17. The highest BCUT2D eigenvalue weighted by atomic mass is 32.2. The number of nitrogens with one attached hydrogen (secondary N) is 1. The lowest BCUT2D eigenvalue weighted by molar-refractivity contribution is -0.120. The molecule has 0 saturated carbocycles. The number of phenols is 1. The van der Waals surface area contributed by atoms with Gasteiger partial charge in [-0.2, -0.15) is 5.10 Å². The third kappa shape index (κ3) is 5.67. The molecule has 0 aliphatic carbocycles. The fraction of sp³-hybridized carbons (Fsp3) is 0.176. The van der Waals surface area contributed by atoms with Gasteiger partial charge in [0.05, 0.1) is 13.3 Å². The number of nitrogens with zero attached hydrogens (tertiary/aromatic N) is 1. The number of hydrazone groups is 1. The smallest absolute Gasteiger partial charge is 0.240 e. The van der Waals surface area contributed by atoms with E-state index < -0.39 is 0 Å². The maximum absolute atomic E-state index is 11.7. The van der Waals surface area contributed by atoms with Crippen LogP contribution in [-0.4, -0.2) is 30.1 Å². The van der Waals surface area contributed by atoms with Crippen LogP contribution in [0, 0.1) is 0 Å². The molecule has 120 valence electrons. The molecule has 0 bridgehead atoms. The van der Waals surface area contributed by atoms with Crippen molar-refractivity contribution >= 4 is 23.9 Å². The summed E-state index contributed by atoms with van der Waals surface area (Å²) < 4.78 is 5.01. The van der Waals surface area contributed by atoms with Crippen molar-refractivity contribution in [2.75, 3.05) is 12.9 Å². The molecule has 0 radical (unpaired) electrons. The van der Waals surface area contributed by atoms with E-state index in [1.165, 1.54) is 19.4 Å². The number of rotatable bonds is 7. The molecule has 0 unspecified atom stereocenters. The van der Waals surface area contributed by atoms with Gasteiger partial charge in [-0.05, 0) is 35.9 Å². The molecule has 0 heterocycles. The average molecular weight is 330 g/mol. The molecule has 0 aromatic heterocycles. The molecule has 0 spiro atoms. The van der Waals surface area contributed by atoms with E-state index in [1.807, 2.05) is 30.3 Å². The van der Waals surface area contributed by atoms with Gasteiger partial charge in [-0.1, -0.05) is 18.2 Å². The van der Waals surface area contributed by atoms with Crippen molar-refractivity contribution in [3.63, 3.8) is 0 Å². The number of thioether (sulfide) groups is 1. The highest BCUT2D eigenvalue weighted by Gasteiger charge is 2.02. The number of amides is 1. The molecule has 23 heavy (non-hydrogen) atoms. The topological polar surface area (TPSA) is 70.9 Å². The molecule has 2 N–H and O–H groups in total. The highest BCUT2D eigenvalue weighted by Crippen LogP contribution is 2.25. The van der Waals surface area contributed by atoms with E-state index in [9.17, 15) is 9.90 Å². The summed E-state index contributed by atoms with van der Waals surface area (Å²) in [6.45, 7) is 0. The van der Waals surface area contributed by atoms with E-state index in [0.717, 1.165) is 10.5 Å². The molecule has 5 nitrogen and oxygen atoms in total. The minimum atomic E-state index is -0.143. The Morgan fingerprint density at radius 3 is 2.83 bits per heavy atom. The summed E-state index contributed by atoms with van der Waals surface area (Å²) in [5.74, 6) is 0.972. The zero-order chi connectivity index (χ0) is 16.5. The summed E-state index contributed by atoms with van der Waals surface area (Å²) in [7, 11) is 1.47. The van der Waals surface area contributed by atoms with Crippen LogP contribution in [0.15, 0.2) is 58.5 Å². The van der Waals surface area contributed by atoms with Crippen molar-refractivity contribution in [2.24, 2.45) is 5.10 Å². The number of carbonyl (C=O) groups is 1. The van der Waals surface area contributed by atoms with Gasteiger partial charge in [0.1, 0.15) is 0 Å². The summed E-state index contributed by atoms with van der Waals surface area (Å²) in [6, 6.07) is 14.8. The monoisotopic (exact) mass is 330 g/mol. The fourth-order valence-corrected chi connectivity index (χ4v) is 2.66. The molecule has 2 aromatic rings. The molecule has 1 amide bonds. The Labute approximate surface area is 139 Å². The second-order valence-electron chi connectivity index (χ2n) is 4.64. The van der Waals surface area contributed by atoms with E-state index in [-0.39, 0.29) is 11.7 Å². The Balaban J connectivity index is 1.75. The zero-order valence-electron chi connectivity index (χ0n) is 12.7. The fourth-order valence-electron chi connectivity index (χ4n) is 1.79. The summed E-state index contributed by atoms with van der Waals surface area (Å²) in [5, 5.41) is 13.4. The first-order valence-electron chi connectivity index (χ1n) is 7.06. The van der Waals surface area contributed by atoms with Crippen molar-refractivity contribution in [1.29, 1.82) is 0 Å². The third-order valence-corrected chi connectivity index (χ3v) is 3.96. The Bertz CT molecular complexity index is 675. The first-order chi connectivity index (χ1) is 11.2. The number of carbonyl (C=O) groups excluding carboxylic acids is 1. The molecular weight excluding hydrogens is 312 g/mol. The maximum atomic E-state index is 11.7. The Morgan fingerprint density at radius 1 is 1.30 bits per heavy atom. The largest absolute Gasteiger partial charge is 0.504 e. The molecule has 2 rings (SSSR count). The van der Waals surface area contributed by atoms with Crippen LogP contribution in [0.2, 0.25) is 0 Å². The van der Waals surface area contributed by atoms with Crippen LogP contribution in [0.5, 0.6) is 11.5 Å².